The molecule has 0 aromatic heterocycles. The Hall–Kier alpha value is -1.14. The van der Waals surface area contributed by atoms with Crippen LogP contribution in [0.15, 0.2) is 0 Å². The molecule has 0 radical (unpaired) electrons. The van der Waals surface area contributed by atoms with E-state index in [4.69, 9.17) is 10.5 Å². The summed E-state index contributed by atoms with van der Waals surface area (Å²) in [5.41, 5.74) is 5.26. The Bertz CT molecular complexity index is 344. The van der Waals surface area contributed by atoms with Gasteiger partial charge in [-0.05, 0) is 19.8 Å². The molecule has 108 valence electrons. The molecule has 0 aromatic carbocycles. The molecule has 1 saturated heterocycles. The molecule has 1 atom stereocenters. The minimum atomic E-state index is -0.491. The van der Waals surface area contributed by atoms with Gasteiger partial charge in [0.2, 0.25) is 11.8 Å². The van der Waals surface area contributed by atoms with E-state index in [0.717, 1.165) is 19.3 Å². The van der Waals surface area contributed by atoms with Crippen LogP contribution in [0, 0.1) is 5.41 Å². The van der Waals surface area contributed by atoms with Gasteiger partial charge >= 0.3 is 0 Å². The number of rotatable bonds is 4. The number of nitrogens with zero attached hydrogens (tertiary/aromatic N) is 1. The minimum absolute atomic E-state index is 0.0388. The third-order valence-electron chi connectivity index (χ3n) is 4.22. The SMILES string of the molecule is CC(NC(=O)C1(CN)CCC1)C(=O)N1CCOCC1. The van der Waals surface area contributed by atoms with E-state index in [2.05, 4.69) is 5.32 Å². The second kappa shape index (κ2) is 5.88. The number of hydrogen-bond acceptors (Lipinski definition) is 4. The average molecular weight is 269 g/mol. The van der Waals surface area contributed by atoms with E-state index in [1.807, 2.05) is 0 Å². The fourth-order valence-corrected chi connectivity index (χ4v) is 2.60. The van der Waals surface area contributed by atoms with Crippen molar-refractivity contribution in [2.24, 2.45) is 11.1 Å². The lowest BCUT2D eigenvalue weighted by atomic mass is 9.68. The van der Waals surface area contributed by atoms with Crippen molar-refractivity contribution >= 4 is 11.8 Å². The maximum Gasteiger partial charge on any atom is 0.245 e. The molecule has 3 N–H and O–H groups in total. The quantitative estimate of drug-likeness (QED) is 0.719. The highest BCUT2D eigenvalue weighted by atomic mass is 16.5. The summed E-state index contributed by atoms with van der Waals surface area (Å²) in [4.78, 5) is 26.1. The number of nitrogens with two attached hydrogens (primary N) is 1. The molecule has 6 nitrogen and oxygen atoms in total. The zero-order chi connectivity index (χ0) is 13.9. The Kier molecular flexibility index (Phi) is 4.42. The lowest BCUT2D eigenvalue weighted by molar-refractivity contribution is -0.143. The maximum absolute atomic E-state index is 12.2. The largest absolute Gasteiger partial charge is 0.378 e. The van der Waals surface area contributed by atoms with Crippen molar-refractivity contribution in [1.82, 2.24) is 10.2 Å². The molecule has 1 unspecified atom stereocenters. The number of morpholine rings is 1. The molecule has 0 spiro atoms. The second-order valence-corrected chi connectivity index (χ2v) is 5.47. The molecule has 0 bridgehead atoms. The van der Waals surface area contributed by atoms with Gasteiger partial charge < -0.3 is 20.7 Å². The fourth-order valence-electron chi connectivity index (χ4n) is 2.60. The van der Waals surface area contributed by atoms with Crippen molar-refractivity contribution < 1.29 is 14.3 Å². The van der Waals surface area contributed by atoms with Crippen LogP contribution in [0.3, 0.4) is 0 Å². The van der Waals surface area contributed by atoms with Crippen LogP contribution in [0.25, 0.3) is 0 Å². The summed E-state index contributed by atoms with van der Waals surface area (Å²) in [5.74, 6) is -0.112. The molecule has 1 aliphatic heterocycles. The van der Waals surface area contributed by atoms with Gasteiger partial charge in [-0.3, -0.25) is 9.59 Å². The van der Waals surface area contributed by atoms with E-state index >= 15 is 0 Å². The first-order valence-electron chi connectivity index (χ1n) is 6.97. The predicted molar refractivity (Wildman–Crippen MR) is 70.3 cm³/mol. The van der Waals surface area contributed by atoms with Gasteiger partial charge in [-0.15, -0.1) is 0 Å². The maximum atomic E-state index is 12.2. The Morgan fingerprint density at radius 2 is 2.00 bits per heavy atom. The number of ether oxygens (including phenoxy) is 1. The van der Waals surface area contributed by atoms with Crippen LogP contribution in [-0.4, -0.2) is 55.6 Å². The van der Waals surface area contributed by atoms with E-state index in [1.54, 1.807) is 11.8 Å². The monoisotopic (exact) mass is 269 g/mol. The molecule has 2 rings (SSSR count). The summed E-state index contributed by atoms with van der Waals surface area (Å²) in [6, 6.07) is -0.491. The van der Waals surface area contributed by atoms with Crippen LogP contribution < -0.4 is 11.1 Å². The Morgan fingerprint density at radius 3 is 2.47 bits per heavy atom. The van der Waals surface area contributed by atoms with Gasteiger partial charge in [0.05, 0.1) is 18.6 Å². The van der Waals surface area contributed by atoms with Crippen LogP contribution in [0.1, 0.15) is 26.2 Å². The number of carbonyl (C=O) groups excluding carboxylic acids is 2. The van der Waals surface area contributed by atoms with Crippen molar-refractivity contribution in [3.8, 4) is 0 Å². The number of hydrogen-bond donors (Lipinski definition) is 2. The van der Waals surface area contributed by atoms with E-state index in [9.17, 15) is 9.59 Å². The lowest BCUT2D eigenvalue weighted by Crippen LogP contribution is -2.56. The smallest absolute Gasteiger partial charge is 0.245 e. The summed E-state index contributed by atoms with van der Waals surface area (Å²) < 4.78 is 5.21. The van der Waals surface area contributed by atoms with Crippen molar-refractivity contribution in [3.63, 3.8) is 0 Å². The van der Waals surface area contributed by atoms with Crippen molar-refractivity contribution in [1.29, 1.82) is 0 Å². The first-order chi connectivity index (χ1) is 9.09. The van der Waals surface area contributed by atoms with Gasteiger partial charge in [-0.1, -0.05) is 6.42 Å². The van der Waals surface area contributed by atoms with Crippen molar-refractivity contribution in [3.05, 3.63) is 0 Å². The van der Waals surface area contributed by atoms with Gasteiger partial charge in [0.1, 0.15) is 6.04 Å². The summed E-state index contributed by atoms with van der Waals surface area (Å²) >= 11 is 0. The number of carbonyl (C=O) groups is 2. The number of amides is 2. The molecule has 0 aromatic rings. The van der Waals surface area contributed by atoms with Gasteiger partial charge in [-0.25, -0.2) is 0 Å². The molecule has 6 heteroatoms. The van der Waals surface area contributed by atoms with Gasteiger partial charge in [0, 0.05) is 19.6 Å². The number of nitrogens with one attached hydrogen (secondary N) is 1. The third kappa shape index (κ3) is 2.90. The average Bonchev–Trinajstić information content (AvgIpc) is 2.38. The standard InChI is InChI=1S/C13H23N3O3/c1-10(11(17)16-5-7-19-8-6-16)15-12(18)13(9-14)3-2-4-13/h10H,2-9,14H2,1H3,(H,15,18). The Balaban J connectivity index is 1.87. The normalized spacial score (nSPS) is 23.4. The Morgan fingerprint density at radius 1 is 1.37 bits per heavy atom. The van der Waals surface area contributed by atoms with Crippen LogP contribution >= 0.6 is 0 Å². The van der Waals surface area contributed by atoms with Crippen LogP contribution in [-0.2, 0) is 14.3 Å². The molecule has 1 heterocycles. The second-order valence-electron chi connectivity index (χ2n) is 5.47. The van der Waals surface area contributed by atoms with Crippen molar-refractivity contribution in [2.75, 3.05) is 32.8 Å². The van der Waals surface area contributed by atoms with Crippen LogP contribution in [0.4, 0.5) is 0 Å². The molecular formula is C13H23N3O3. The third-order valence-corrected chi connectivity index (χ3v) is 4.22. The molecule has 2 aliphatic rings. The van der Waals surface area contributed by atoms with Crippen molar-refractivity contribution in [2.45, 2.75) is 32.2 Å². The summed E-state index contributed by atoms with van der Waals surface area (Å²) in [5, 5.41) is 2.82. The first kappa shape index (κ1) is 14.3. The van der Waals surface area contributed by atoms with E-state index in [1.165, 1.54) is 0 Å². The van der Waals surface area contributed by atoms with Gasteiger partial charge in [0.25, 0.3) is 0 Å². The van der Waals surface area contributed by atoms with E-state index in [0.29, 0.717) is 32.8 Å². The topological polar surface area (TPSA) is 84.7 Å². The molecule has 1 aliphatic carbocycles. The highest BCUT2D eigenvalue weighted by molar-refractivity contribution is 5.90. The lowest BCUT2D eigenvalue weighted by Gasteiger charge is -2.40. The molecule has 1 saturated carbocycles. The minimum Gasteiger partial charge on any atom is -0.378 e. The predicted octanol–water partition coefficient (Wildman–Crippen LogP) is -0.521. The van der Waals surface area contributed by atoms with Gasteiger partial charge in [0.15, 0.2) is 0 Å². The summed E-state index contributed by atoms with van der Waals surface area (Å²) in [6.45, 7) is 4.43. The highest BCUT2D eigenvalue weighted by Gasteiger charge is 2.43. The molecule has 19 heavy (non-hydrogen) atoms. The van der Waals surface area contributed by atoms with Crippen LogP contribution in [0.5, 0.6) is 0 Å². The Labute approximate surface area is 113 Å². The summed E-state index contributed by atoms with van der Waals surface area (Å²) in [6.07, 6.45) is 2.69. The zero-order valence-corrected chi connectivity index (χ0v) is 11.5. The molecular weight excluding hydrogens is 246 g/mol. The van der Waals surface area contributed by atoms with E-state index < -0.39 is 11.5 Å². The van der Waals surface area contributed by atoms with Crippen LogP contribution in [0.2, 0.25) is 0 Å². The van der Waals surface area contributed by atoms with Gasteiger partial charge in [-0.2, -0.15) is 0 Å². The highest BCUT2D eigenvalue weighted by Crippen LogP contribution is 2.40. The molecule has 2 amide bonds. The van der Waals surface area contributed by atoms with E-state index in [-0.39, 0.29) is 11.8 Å². The molecule has 2 fully saturated rings. The zero-order valence-electron chi connectivity index (χ0n) is 11.5. The first-order valence-corrected chi connectivity index (χ1v) is 6.97. The fraction of sp³-hybridized carbons (Fsp3) is 0.846. The summed E-state index contributed by atoms with van der Waals surface area (Å²) in [7, 11) is 0.